The van der Waals surface area contributed by atoms with Crippen molar-refractivity contribution in [2.45, 2.75) is 64.7 Å². The number of halogens is 1. The number of carbonyl (C=O) groups excluding carboxylic acids is 2. The molecular formula is C31H40ClN9O10. The molecule has 6 N–H and O–H groups in total. The second-order valence-corrected chi connectivity index (χ2v) is 11.5. The normalized spacial score (nSPS) is 12.0. The Morgan fingerprint density at radius 1 is 1.00 bits per heavy atom. The summed E-state index contributed by atoms with van der Waals surface area (Å²) in [6.07, 6.45) is 1.65. The third-order valence-electron chi connectivity index (χ3n) is 7.51. The van der Waals surface area contributed by atoms with Gasteiger partial charge in [0.15, 0.2) is 11.0 Å². The fourth-order valence-corrected chi connectivity index (χ4v) is 5.29. The first-order valence-corrected chi connectivity index (χ1v) is 16.4. The van der Waals surface area contributed by atoms with E-state index in [1.54, 1.807) is 0 Å². The number of imidazole rings is 1. The largest absolute Gasteiger partial charge is 0.464 e. The van der Waals surface area contributed by atoms with Gasteiger partial charge >= 0.3 is 12.1 Å². The van der Waals surface area contributed by atoms with E-state index in [0.717, 1.165) is 40.9 Å². The third kappa shape index (κ3) is 12.6. The number of unbranched alkanes of at least 4 members (excludes halogenated alkanes) is 2. The molecule has 1 amide bonds. The van der Waals surface area contributed by atoms with E-state index >= 15 is 0 Å². The van der Waals surface area contributed by atoms with Gasteiger partial charge in [-0.05, 0) is 52.8 Å². The van der Waals surface area contributed by atoms with Crippen LogP contribution in [0.4, 0.5) is 4.79 Å². The van der Waals surface area contributed by atoms with Crippen molar-refractivity contribution >= 4 is 23.7 Å². The van der Waals surface area contributed by atoms with Crippen molar-refractivity contribution in [3.8, 4) is 22.5 Å². The number of aromatic amines is 1. The molecule has 1 atom stereocenters. The maximum atomic E-state index is 12.5. The highest BCUT2D eigenvalue weighted by atomic mass is 35.5. The van der Waals surface area contributed by atoms with E-state index in [2.05, 4.69) is 47.5 Å². The molecule has 2 aromatic heterocycles. The molecule has 0 saturated carbocycles. The zero-order valence-corrected chi connectivity index (χ0v) is 28.5. The number of hydrogen-bond donors (Lipinski definition) is 6. The van der Waals surface area contributed by atoms with Crippen LogP contribution in [0, 0.1) is 0 Å². The van der Waals surface area contributed by atoms with Gasteiger partial charge in [0.05, 0.1) is 23.1 Å². The number of nitrogens with zero attached hydrogens (tertiary/aromatic N) is 7. The molecule has 0 aliphatic heterocycles. The molecule has 0 saturated heterocycles. The van der Waals surface area contributed by atoms with Gasteiger partial charge in [-0.1, -0.05) is 73.5 Å². The number of rotatable bonds is 21. The highest BCUT2D eigenvalue weighted by Crippen LogP contribution is 2.30. The molecule has 4 aromatic rings. The summed E-state index contributed by atoms with van der Waals surface area (Å²) in [5.74, 6) is 0.621. The standard InChI is InChI=1S/C31H40ClN9O10/c1-2-3-11-27-34-29(32)26(20-49-31(43)33-17-28(42)48-16-7-6-8-23(51-41(46)47)19-50-40(44)45)39(27)18-21-12-14-22(15-13-21)24-9-4-5-10-25(24)30-35-37-38-36-30/h4-5,9-10,12-15,23,44-47H,2-3,6-8,11,16-20H2,1H3,(H,33,43)(H,35,36,37,38). The van der Waals surface area contributed by atoms with Crippen molar-refractivity contribution < 1.29 is 49.6 Å². The first kappa shape index (κ1) is 39.2. The van der Waals surface area contributed by atoms with Crippen molar-refractivity contribution in [1.82, 2.24) is 46.3 Å². The number of aryl methyl sites for hydroxylation is 1. The van der Waals surface area contributed by atoms with Crippen LogP contribution in [0.1, 0.15) is 56.1 Å². The number of aromatic nitrogens is 6. The van der Waals surface area contributed by atoms with E-state index < -0.39 is 42.1 Å². The average Bonchev–Trinajstić information content (AvgIpc) is 3.75. The van der Waals surface area contributed by atoms with E-state index in [-0.39, 0.29) is 24.8 Å². The van der Waals surface area contributed by atoms with Crippen LogP contribution in [0.15, 0.2) is 48.5 Å². The molecule has 276 valence electrons. The lowest BCUT2D eigenvalue weighted by Crippen LogP contribution is -2.31. The fraction of sp³-hybridized carbons (Fsp3) is 0.419. The molecule has 0 aliphatic rings. The van der Waals surface area contributed by atoms with Gasteiger partial charge in [-0.3, -0.25) is 25.6 Å². The lowest BCUT2D eigenvalue weighted by molar-refractivity contribution is -0.527. The smallest absolute Gasteiger partial charge is 0.408 e. The van der Waals surface area contributed by atoms with Gasteiger partial charge in [0.2, 0.25) is 0 Å². The molecular weight excluding hydrogens is 694 g/mol. The molecule has 19 nitrogen and oxygen atoms in total. The van der Waals surface area contributed by atoms with Gasteiger partial charge < -0.3 is 19.4 Å². The van der Waals surface area contributed by atoms with E-state index in [9.17, 15) is 9.59 Å². The maximum Gasteiger partial charge on any atom is 0.408 e. The zero-order valence-electron chi connectivity index (χ0n) is 27.7. The Bertz CT molecular complexity index is 1660. The van der Waals surface area contributed by atoms with Crippen LogP contribution in [0.25, 0.3) is 22.5 Å². The summed E-state index contributed by atoms with van der Waals surface area (Å²) in [7, 11) is 0. The van der Waals surface area contributed by atoms with Gasteiger partial charge in [0.25, 0.3) is 0 Å². The van der Waals surface area contributed by atoms with Gasteiger partial charge in [-0.15, -0.1) is 5.10 Å². The number of H-pyrrole nitrogens is 1. The molecule has 0 aliphatic carbocycles. The Kier molecular flexibility index (Phi) is 15.6. The van der Waals surface area contributed by atoms with E-state index in [4.69, 9.17) is 41.9 Å². The lowest BCUT2D eigenvalue weighted by atomic mass is 9.98. The second-order valence-electron chi connectivity index (χ2n) is 11.1. The van der Waals surface area contributed by atoms with Gasteiger partial charge in [0, 0.05) is 18.5 Å². The highest BCUT2D eigenvalue weighted by molar-refractivity contribution is 6.30. The van der Waals surface area contributed by atoms with Crippen LogP contribution in [0.3, 0.4) is 0 Å². The summed E-state index contributed by atoms with van der Waals surface area (Å²) in [5.41, 5.74) is 4.29. The number of hydrogen-bond acceptors (Lipinski definition) is 16. The topological polar surface area (TPSA) is 243 Å². The van der Waals surface area contributed by atoms with E-state index in [1.165, 1.54) is 0 Å². The second kappa shape index (κ2) is 20.3. The van der Waals surface area contributed by atoms with Gasteiger partial charge in [0.1, 0.15) is 31.7 Å². The Morgan fingerprint density at radius 2 is 1.76 bits per heavy atom. The van der Waals surface area contributed by atoms with E-state index in [1.807, 2.05) is 53.1 Å². The average molecular weight is 734 g/mol. The molecule has 1 unspecified atom stereocenters. The Labute approximate surface area is 297 Å². The molecule has 0 spiro atoms. The monoisotopic (exact) mass is 733 g/mol. The number of ether oxygens (including phenoxy) is 2. The van der Waals surface area contributed by atoms with Gasteiger partial charge in [-0.2, -0.15) is 0 Å². The summed E-state index contributed by atoms with van der Waals surface area (Å²) in [6.45, 7) is 1.47. The van der Waals surface area contributed by atoms with Crippen molar-refractivity contribution in [2.24, 2.45) is 0 Å². The van der Waals surface area contributed by atoms with Crippen LogP contribution in [-0.4, -0.2) is 99.7 Å². The fourth-order valence-electron chi connectivity index (χ4n) is 5.03. The summed E-state index contributed by atoms with van der Waals surface area (Å²) in [4.78, 5) is 38.2. The SMILES string of the molecule is CCCCc1nc(Cl)c(COC(=O)NCC(=O)OCCCCC(CON(O)O)ON(O)O)n1Cc1ccc(-c2ccccc2-c2nnn[nH]2)cc1. The molecule has 2 aromatic carbocycles. The highest BCUT2D eigenvalue weighted by Gasteiger charge is 2.19. The predicted octanol–water partition coefficient (Wildman–Crippen LogP) is 4.11. The van der Waals surface area contributed by atoms with Crippen LogP contribution in [0.2, 0.25) is 5.15 Å². The van der Waals surface area contributed by atoms with Crippen LogP contribution in [-0.2, 0) is 43.5 Å². The number of tetrazole rings is 1. The number of amides is 1. The number of esters is 1. The molecule has 0 radical (unpaired) electrons. The number of benzene rings is 2. The van der Waals surface area contributed by atoms with Crippen molar-refractivity contribution in [3.05, 3.63) is 70.8 Å². The summed E-state index contributed by atoms with van der Waals surface area (Å²) in [6, 6.07) is 15.8. The summed E-state index contributed by atoms with van der Waals surface area (Å²) < 4.78 is 12.4. The molecule has 0 bridgehead atoms. The summed E-state index contributed by atoms with van der Waals surface area (Å²) in [5, 5.41) is 50.6. The van der Waals surface area contributed by atoms with Crippen LogP contribution >= 0.6 is 11.6 Å². The van der Waals surface area contributed by atoms with Crippen molar-refractivity contribution in [3.63, 3.8) is 0 Å². The number of alkyl carbamates (subject to hydrolysis) is 1. The molecule has 4 rings (SSSR count). The third-order valence-corrected chi connectivity index (χ3v) is 7.81. The Morgan fingerprint density at radius 3 is 2.45 bits per heavy atom. The Balaban J connectivity index is 1.28. The number of carbonyl (C=O) groups is 2. The lowest BCUT2D eigenvalue weighted by Gasteiger charge is -2.18. The predicted molar refractivity (Wildman–Crippen MR) is 175 cm³/mol. The van der Waals surface area contributed by atoms with Crippen LogP contribution in [0.5, 0.6) is 0 Å². The quantitative estimate of drug-likeness (QED) is 0.0401. The van der Waals surface area contributed by atoms with Crippen molar-refractivity contribution in [2.75, 3.05) is 19.8 Å². The maximum absolute atomic E-state index is 12.5. The molecule has 51 heavy (non-hydrogen) atoms. The first-order valence-electron chi connectivity index (χ1n) is 16.0. The van der Waals surface area contributed by atoms with Crippen molar-refractivity contribution in [1.29, 1.82) is 0 Å². The van der Waals surface area contributed by atoms with E-state index in [0.29, 0.717) is 37.3 Å². The molecule has 0 fully saturated rings. The van der Waals surface area contributed by atoms with Gasteiger partial charge in [-0.25, -0.2) is 24.6 Å². The minimum Gasteiger partial charge on any atom is -0.464 e. The molecule has 2 heterocycles. The molecule has 20 heteroatoms. The Hall–Kier alpha value is -4.57. The first-order chi connectivity index (χ1) is 24.6. The minimum absolute atomic E-state index is 0.00100. The number of nitrogens with one attached hydrogen (secondary N) is 2. The zero-order chi connectivity index (χ0) is 36.6. The summed E-state index contributed by atoms with van der Waals surface area (Å²) >= 11 is 6.53. The van der Waals surface area contributed by atoms with Crippen LogP contribution < -0.4 is 5.32 Å². The minimum atomic E-state index is -0.945.